The van der Waals surface area contributed by atoms with Gasteiger partial charge in [-0.1, -0.05) is 41.4 Å². The molecule has 1 aliphatic heterocycles. The summed E-state index contributed by atoms with van der Waals surface area (Å²) in [6.45, 7) is 4.12. The van der Waals surface area contributed by atoms with Gasteiger partial charge in [-0.25, -0.2) is 9.79 Å². The first-order chi connectivity index (χ1) is 14.7. The Kier molecular flexibility index (Phi) is 7.80. The van der Waals surface area contributed by atoms with Crippen LogP contribution in [0, 0.1) is 5.92 Å². The zero-order valence-corrected chi connectivity index (χ0v) is 20.0. The van der Waals surface area contributed by atoms with Crippen molar-refractivity contribution in [3.63, 3.8) is 0 Å². The molecule has 3 rings (SSSR count). The van der Waals surface area contributed by atoms with E-state index in [4.69, 9.17) is 21.4 Å². The predicted octanol–water partition coefficient (Wildman–Crippen LogP) is 5.83. The highest BCUT2D eigenvalue weighted by Crippen LogP contribution is 2.36. The van der Waals surface area contributed by atoms with E-state index in [1.165, 1.54) is 11.8 Å². The lowest BCUT2D eigenvalue weighted by atomic mass is 10.1. The summed E-state index contributed by atoms with van der Waals surface area (Å²) in [6.07, 6.45) is 1.70. The monoisotopic (exact) mass is 522 g/mol. The number of rotatable bonds is 7. The molecule has 1 N–H and O–H groups in total. The molecule has 0 radical (unpaired) electrons. The van der Waals surface area contributed by atoms with Crippen LogP contribution in [0.15, 0.2) is 56.8 Å². The van der Waals surface area contributed by atoms with E-state index in [-0.39, 0.29) is 11.8 Å². The highest BCUT2D eigenvalue weighted by Gasteiger charge is 2.34. The van der Waals surface area contributed by atoms with Crippen LogP contribution in [-0.2, 0) is 9.59 Å². The summed E-state index contributed by atoms with van der Waals surface area (Å²) >= 11 is 10.6. The molecule has 2 aromatic rings. The van der Waals surface area contributed by atoms with E-state index in [1.54, 1.807) is 53.4 Å². The van der Waals surface area contributed by atoms with E-state index < -0.39 is 12.6 Å². The molecule has 1 heterocycles. The largest absolute Gasteiger partial charge is 0.481 e. The highest BCUT2D eigenvalue weighted by molar-refractivity contribution is 9.10. The molecule has 0 aromatic heterocycles. The average Bonchev–Trinajstić information content (AvgIpc) is 2.97. The Hall–Kier alpha value is -2.29. The second-order valence-electron chi connectivity index (χ2n) is 7.16. The molecular formula is C22H20BrClN2O4S. The van der Waals surface area contributed by atoms with E-state index in [9.17, 15) is 9.59 Å². The fraction of sp³-hybridized carbons (Fsp3) is 0.227. The highest BCUT2D eigenvalue weighted by atomic mass is 79.9. The van der Waals surface area contributed by atoms with Gasteiger partial charge in [-0.15, -0.1) is 0 Å². The number of aliphatic carboxylic acids is 1. The smallest absolute Gasteiger partial charge is 0.341 e. The number of hydrogen-bond acceptors (Lipinski definition) is 5. The number of carboxylic acid groups (broad SMARTS) is 1. The zero-order valence-electron chi connectivity index (χ0n) is 16.8. The minimum Gasteiger partial charge on any atom is -0.481 e. The minimum absolute atomic E-state index is 0.157. The number of halogens is 2. The molecule has 9 heteroatoms. The van der Waals surface area contributed by atoms with Gasteiger partial charge in [-0.05, 0) is 66.2 Å². The Balaban J connectivity index is 1.97. The molecule has 2 aromatic carbocycles. The quantitative estimate of drug-likeness (QED) is 0.462. The number of amidine groups is 1. The Labute approximate surface area is 198 Å². The first kappa shape index (κ1) is 23.4. The van der Waals surface area contributed by atoms with Crippen molar-refractivity contribution >= 4 is 68.1 Å². The number of carbonyl (C=O) groups excluding carboxylic acids is 1. The second-order valence-corrected chi connectivity index (χ2v) is 9.52. The molecule has 1 amide bonds. The van der Waals surface area contributed by atoms with Gasteiger partial charge in [-0.2, -0.15) is 0 Å². The normalized spacial score (nSPS) is 16.5. The summed E-state index contributed by atoms with van der Waals surface area (Å²) in [4.78, 5) is 30.8. The lowest BCUT2D eigenvalue weighted by Crippen LogP contribution is -2.32. The molecule has 0 atom stereocenters. The number of thioether (sulfide) groups is 1. The number of nitrogens with zero attached hydrogens (tertiary/aromatic N) is 2. The molecule has 1 saturated heterocycles. The molecule has 0 saturated carbocycles. The van der Waals surface area contributed by atoms with Crippen LogP contribution in [-0.4, -0.2) is 40.2 Å². The fourth-order valence-corrected chi connectivity index (χ4v) is 4.29. The summed E-state index contributed by atoms with van der Waals surface area (Å²) in [5, 5.41) is 10.1. The van der Waals surface area contributed by atoms with Crippen molar-refractivity contribution in [2.45, 2.75) is 13.8 Å². The van der Waals surface area contributed by atoms with Crippen LogP contribution in [0.3, 0.4) is 0 Å². The Morgan fingerprint density at radius 1 is 1.29 bits per heavy atom. The average molecular weight is 524 g/mol. The molecule has 162 valence electrons. The molecule has 31 heavy (non-hydrogen) atoms. The molecule has 0 spiro atoms. The van der Waals surface area contributed by atoms with Gasteiger partial charge in [-0.3, -0.25) is 9.69 Å². The maximum Gasteiger partial charge on any atom is 0.341 e. The molecule has 1 fully saturated rings. The number of carbonyl (C=O) groups is 2. The Bertz CT molecular complexity index is 1050. The Morgan fingerprint density at radius 2 is 2.00 bits per heavy atom. The summed E-state index contributed by atoms with van der Waals surface area (Å²) in [6, 6.07) is 12.3. The molecule has 6 nitrogen and oxygen atoms in total. The van der Waals surface area contributed by atoms with Gasteiger partial charge in [0, 0.05) is 21.6 Å². The van der Waals surface area contributed by atoms with Gasteiger partial charge in [0.1, 0.15) is 5.75 Å². The minimum atomic E-state index is -1.08. The van der Waals surface area contributed by atoms with Gasteiger partial charge in [0.2, 0.25) is 0 Å². The summed E-state index contributed by atoms with van der Waals surface area (Å²) in [5.41, 5.74) is 1.30. The van der Waals surface area contributed by atoms with Gasteiger partial charge in [0.05, 0.1) is 10.6 Å². The van der Waals surface area contributed by atoms with Crippen LogP contribution < -0.4 is 4.74 Å². The molecule has 0 unspecified atom stereocenters. The van der Waals surface area contributed by atoms with Crippen molar-refractivity contribution < 1.29 is 19.4 Å². The number of aliphatic imine (C=N–C) groups is 1. The summed E-state index contributed by atoms with van der Waals surface area (Å²) in [5.74, 6) is -0.603. The second kappa shape index (κ2) is 10.3. The third-order valence-electron chi connectivity index (χ3n) is 4.10. The van der Waals surface area contributed by atoms with Crippen molar-refractivity contribution in [1.29, 1.82) is 0 Å². The molecule has 1 aliphatic rings. The van der Waals surface area contributed by atoms with Crippen LogP contribution in [0.25, 0.3) is 6.08 Å². The van der Waals surface area contributed by atoms with E-state index >= 15 is 0 Å². The molecular weight excluding hydrogens is 504 g/mol. The van der Waals surface area contributed by atoms with E-state index in [2.05, 4.69) is 20.9 Å². The molecule has 0 bridgehead atoms. The van der Waals surface area contributed by atoms with Crippen molar-refractivity contribution in [1.82, 2.24) is 4.90 Å². The number of amides is 1. The van der Waals surface area contributed by atoms with Crippen molar-refractivity contribution in [2.75, 3.05) is 13.2 Å². The van der Waals surface area contributed by atoms with Gasteiger partial charge >= 0.3 is 5.97 Å². The number of ether oxygens (including phenoxy) is 1. The van der Waals surface area contributed by atoms with Crippen LogP contribution >= 0.6 is 39.3 Å². The molecule has 0 aliphatic carbocycles. The lowest BCUT2D eigenvalue weighted by Gasteiger charge is -2.17. The summed E-state index contributed by atoms with van der Waals surface area (Å²) in [7, 11) is 0. The van der Waals surface area contributed by atoms with E-state index in [1.807, 2.05) is 13.8 Å². The van der Waals surface area contributed by atoms with Crippen molar-refractivity contribution in [3.8, 4) is 5.75 Å². The Morgan fingerprint density at radius 3 is 2.65 bits per heavy atom. The third-order valence-corrected chi connectivity index (χ3v) is 5.85. The van der Waals surface area contributed by atoms with Crippen LogP contribution in [0.1, 0.15) is 19.4 Å². The SMILES string of the molecule is CC(C)CN1C(=O)/C(=C/c2cc(Br)ccc2OCC(=O)O)SC1=Nc1ccc(Cl)cc1. The summed E-state index contributed by atoms with van der Waals surface area (Å²) < 4.78 is 6.17. The van der Waals surface area contributed by atoms with Crippen LogP contribution in [0.5, 0.6) is 5.75 Å². The lowest BCUT2D eigenvalue weighted by molar-refractivity contribution is -0.139. The van der Waals surface area contributed by atoms with Gasteiger partial charge in [0.15, 0.2) is 11.8 Å². The maximum absolute atomic E-state index is 13.2. The first-order valence-electron chi connectivity index (χ1n) is 9.42. The maximum atomic E-state index is 13.2. The van der Waals surface area contributed by atoms with E-state index in [0.29, 0.717) is 38.6 Å². The number of benzene rings is 2. The third kappa shape index (κ3) is 6.35. The van der Waals surface area contributed by atoms with Crippen molar-refractivity contribution in [2.24, 2.45) is 10.9 Å². The van der Waals surface area contributed by atoms with E-state index in [0.717, 1.165) is 4.47 Å². The van der Waals surface area contributed by atoms with Crippen LogP contribution in [0.2, 0.25) is 5.02 Å². The van der Waals surface area contributed by atoms with Gasteiger partial charge in [0.25, 0.3) is 5.91 Å². The van der Waals surface area contributed by atoms with Crippen LogP contribution in [0.4, 0.5) is 5.69 Å². The topological polar surface area (TPSA) is 79.2 Å². The standard InChI is InChI=1S/C22H20BrClN2O4S/c1-13(2)11-26-21(29)19(31-22(26)25-17-6-4-16(24)5-7-17)10-14-9-15(23)3-8-18(14)30-12-20(27)28/h3-10,13H,11-12H2,1-2H3,(H,27,28)/b19-10-,25-22?. The number of carboxylic acids is 1. The fourth-order valence-electron chi connectivity index (χ4n) is 2.79. The number of hydrogen-bond donors (Lipinski definition) is 1. The first-order valence-corrected chi connectivity index (χ1v) is 11.4. The van der Waals surface area contributed by atoms with Crippen molar-refractivity contribution in [3.05, 3.63) is 62.4 Å². The zero-order chi connectivity index (χ0) is 22.5. The van der Waals surface area contributed by atoms with Gasteiger partial charge < -0.3 is 9.84 Å². The predicted molar refractivity (Wildman–Crippen MR) is 128 cm³/mol.